The van der Waals surface area contributed by atoms with Crippen molar-refractivity contribution in [3.63, 3.8) is 0 Å². The lowest BCUT2D eigenvalue weighted by atomic mass is 10.3. The summed E-state index contributed by atoms with van der Waals surface area (Å²) in [5, 5.41) is 0. The van der Waals surface area contributed by atoms with E-state index in [2.05, 4.69) is 55.5 Å². The van der Waals surface area contributed by atoms with E-state index in [1.54, 1.807) is 0 Å². The van der Waals surface area contributed by atoms with Gasteiger partial charge in [0.15, 0.2) is 0 Å². The summed E-state index contributed by atoms with van der Waals surface area (Å²) in [4.78, 5) is 0. The Balaban J connectivity index is 4.98. The van der Waals surface area contributed by atoms with Crippen LogP contribution in [0.5, 0.6) is 0 Å². The molecule has 0 atom stereocenters. The molecule has 0 aromatic heterocycles. The van der Waals surface area contributed by atoms with E-state index in [4.69, 9.17) is 0 Å². The molecule has 0 rings (SSSR count). The highest BCUT2D eigenvalue weighted by Crippen LogP contribution is 2.10. The number of rotatable bonds is 14. The van der Waals surface area contributed by atoms with Gasteiger partial charge in [0.05, 0.1) is 0 Å². The molecule has 0 amide bonds. The maximum absolute atomic E-state index is 2.83. The van der Waals surface area contributed by atoms with Crippen LogP contribution in [0.25, 0.3) is 0 Å². The van der Waals surface area contributed by atoms with Crippen LogP contribution in [-0.2, 0) is 0 Å². The fraction of sp³-hybridized carbons (Fsp3) is 0.889. The minimum atomic E-state index is -1.09. The lowest BCUT2D eigenvalue weighted by molar-refractivity contribution is 0.338. The highest BCUT2D eigenvalue weighted by molar-refractivity contribution is 6.58. The van der Waals surface area contributed by atoms with Crippen molar-refractivity contribution in [3.05, 3.63) is 11.8 Å². The minimum absolute atomic E-state index is 1.09. The number of hydrogen-bond donors (Lipinski definition) is 0. The van der Waals surface area contributed by atoms with Crippen molar-refractivity contribution < 1.29 is 0 Å². The summed E-state index contributed by atoms with van der Waals surface area (Å²) in [6.45, 7) is 16.7. The topological polar surface area (TPSA) is 6.48 Å². The second-order valence-corrected chi connectivity index (χ2v) is 8.70. The van der Waals surface area contributed by atoms with Crippen molar-refractivity contribution in [3.8, 4) is 0 Å². The van der Waals surface area contributed by atoms with E-state index in [-0.39, 0.29) is 0 Å². The van der Waals surface area contributed by atoms with Crippen LogP contribution in [-0.4, -0.2) is 44.4 Å². The standard InChI is InChI=1S/C18H40N2Si/c1-6-11-16-19(14-9-4)21(18-13-8-3)20(15-10-5)17-12-7-2/h13,18,21H,6-12,14-17H2,1-5H3. The van der Waals surface area contributed by atoms with Gasteiger partial charge in [-0.2, -0.15) is 0 Å². The van der Waals surface area contributed by atoms with Crippen molar-refractivity contribution in [1.82, 2.24) is 9.13 Å². The fourth-order valence-electron chi connectivity index (χ4n) is 2.78. The maximum Gasteiger partial charge on any atom is 0.215 e. The second kappa shape index (κ2) is 14.8. The SMILES string of the molecule is CCC=C[SiH](N(CCC)CCCC)N(CCC)CCCC. The molecule has 126 valence electrons. The minimum Gasteiger partial charge on any atom is -0.311 e. The molecule has 0 bridgehead atoms. The first kappa shape index (κ1) is 20.9. The van der Waals surface area contributed by atoms with E-state index in [9.17, 15) is 0 Å². The van der Waals surface area contributed by atoms with Gasteiger partial charge >= 0.3 is 0 Å². The summed E-state index contributed by atoms with van der Waals surface area (Å²) in [6.07, 6.45) is 11.4. The Bertz CT molecular complexity index is 225. The molecule has 0 aliphatic rings. The number of allylic oxidation sites excluding steroid dienone is 1. The van der Waals surface area contributed by atoms with Crippen LogP contribution in [0.1, 0.15) is 79.6 Å². The third-order valence-corrected chi connectivity index (χ3v) is 7.06. The first-order chi connectivity index (χ1) is 10.2. The van der Waals surface area contributed by atoms with Gasteiger partial charge in [0, 0.05) is 0 Å². The van der Waals surface area contributed by atoms with Crippen LogP contribution in [0.4, 0.5) is 0 Å². The molecule has 2 nitrogen and oxygen atoms in total. The van der Waals surface area contributed by atoms with Crippen LogP contribution in [0.15, 0.2) is 11.8 Å². The zero-order valence-electron chi connectivity index (χ0n) is 15.4. The third-order valence-electron chi connectivity index (χ3n) is 3.91. The van der Waals surface area contributed by atoms with Crippen molar-refractivity contribution in [1.29, 1.82) is 0 Å². The van der Waals surface area contributed by atoms with Gasteiger partial charge < -0.3 is 9.13 Å². The van der Waals surface area contributed by atoms with E-state index in [1.165, 1.54) is 71.1 Å². The van der Waals surface area contributed by atoms with Crippen LogP contribution >= 0.6 is 0 Å². The summed E-state index contributed by atoms with van der Waals surface area (Å²) in [5.74, 6) is 0. The number of nitrogens with zero attached hydrogens (tertiary/aromatic N) is 2. The molecule has 0 saturated heterocycles. The van der Waals surface area contributed by atoms with Crippen LogP contribution in [0.3, 0.4) is 0 Å². The van der Waals surface area contributed by atoms with Gasteiger partial charge in [0.25, 0.3) is 0 Å². The Morgan fingerprint density at radius 1 is 0.667 bits per heavy atom. The monoisotopic (exact) mass is 312 g/mol. The van der Waals surface area contributed by atoms with E-state index in [1.807, 2.05) is 0 Å². The summed E-state index contributed by atoms with van der Waals surface area (Å²) < 4.78 is 5.67. The normalized spacial score (nSPS) is 12.4. The summed E-state index contributed by atoms with van der Waals surface area (Å²) in [5.41, 5.74) is 2.59. The number of unbranched alkanes of at least 4 members (excludes halogenated alkanes) is 2. The molecule has 0 aliphatic heterocycles. The average molecular weight is 313 g/mol. The second-order valence-electron chi connectivity index (χ2n) is 6.03. The molecular weight excluding hydrogens is 272 g/mol. The largest absolute Gasteiger partial charge is 0.311 e. The molecule has 0 radical (unpaired) electrons. The molecule has 3 heteroatoms. The molecule has 0 aromatic rings. The molecule has 0 aromatic carbocycles. The van der Waals surface area contributed by atoms with E-state index >= 15 is 0 Å². The third kappa shape index (κ3) is 9.49. The first-order valence-corrected chi connectivity index (χ1v) is 11.1. The molecule has 0 N–H and O–H groups in total. The Hall–Kier alpha value is -0.123. The quantitative estimate of drug-likeness (QED) is 0.428. The van der Waals surface area contributed by atoms with Gasteiger partial charge in [-0.1, -0.05) is 59.2 Å². The van der Waals surface area contributed by atoms with E-state index in [0.717, 1.165) is 0 Å². The highest BCUT2D eigenvalue weighted by atomic mass is 28.3. The van der Waals surface area contributed by atoms with E-state index in [0.29, 0.717) is 0 Å². The molecule has 0 saturated carbocycles. The van der Waals surface area contributed by atoms with Crippen LogP contribution in [0.2, 0.25) is 0 Å². The van der Waals surface area contributed by atoms with Gasteiger partial charge in [0.2, 0.25) is 9.12 Å². The van der Waals surface area contributed by atoms with Gasteiger partial charge in [0.1, 0.15) is 0 Å². The Morgan fingerprint density at radius 3 is 1.48 bits per heavy atom. The van der Waals surface area contributed by atoms with Gasteiger partial charge in [-0.05, 0) is 58.3 Å². The first-order valence-electron chi connectivity index (χ1n) is 9.39. The lowest BCUT2D eigenvalue weighted by Gasteiger charge is -2.37. The molecule has 0 heterocycles. The van der Waals surface area contributed by atoms with Gasteiger partial charge in [-0.25, -0.2) is 0 Å². The molecule has 0 unspecified atom stereocenters. The van der Waals surface area contributed by atoms with Crippen LogP contribution < -0.4 is 0 Å². The van der Waals surface area contributed by atoms with Crippen molar-refractivity contribution in [2.24, 2.45) is 0 Å². The molecule has 0 fully saturated rings. The molecule has 0 aliphatic carbocycles. The summed E-state index contributed by atoms with van der Waals surface area (Å²) >= 11 is 0. The van der Waals surface area contributed by atoms with Gasteiger partial charge in [-0.3, -0.25) is 0 Å². The predicted octanol–water partition coefficient (Wildman–Crippen LogP) is 4.74. The van der Waals surface area contributed by atoms with Crippen molar-refractivity contribution in [2.75, 3.05) is 26.2 Å². The zero-order chi connectivity index (χ0) is 15.9. The fourth-order valence-corrected chi connectivity index (χ4v) is 6.19. The molecule has 21 heavy (non-hydrogen) atoms. The summed E-state index contributed by atoms with van der Waals surface area (Å²) in [7, 11) is -1.09. The predicted molar refractivity (Wildman–Crippen MR) is 100 cm³/mol. The van der Waals surface area contributed by atoms with Crippen molar-refractivity contribution >= 4 is 9.12 Å². The maximum atomic E-state index is 2.83. The van der Waals surface area contributed by atoms with Gasteiger partial charge in [-0.15, -0.1) is 0 Å². The number of hydrogen-bond acceptors (Lipinski definition) is 2. The lowest BCUT2D eigenvalue weighted by Crippen LogP contribution is -2.53. The molecule has 0 spiro atoms. The highest BCUT2D eigenvalue weighted by Gasteiger charge is 2.23. The Labute approximate surface area is 136 Å². The van der Waals surface area contributed by atoms with E-state index < -0.39 is 9.12 Å². The smallest absolute Gasteiger partial charge is 0.215 e. The Kier molecular flexibility index (Phi) is 14.7. The zero-order valence-corrected chi connectivity index (χ0v) is 16.6. The Morgan fingerprint density at radius 2 is 1.14 bits per heavy atom. The van der Waals surface area contributed by atoms with Crippen LogP contribution in [0, 0.1) is 0 Å². The van der Waals surface area contributed by atoms with Crippen molar-refractivity contribution in [2.45, 2.75) is 79.6 Å². The molecular formula is C18H40N2Si. The summed E-state index contributed by atoms with van der Waals surface area (Å²) in [6, 6.07) is 0. The average Bonchev–Trinajstić information content (AvgIpc) is 2.50.